The number of para-hydroxylation sites is 1. The fraction of sp³-hybridized carbons (Fsp3) is 0.333. The minimum absolute atomic E-state index is 0.187. The van der Waals surface area contributed by atoms with Gasteiger partial charge >= 0.3 is 6.09 Å². The number of ether oxygens (including phenoxy) is 1. The molecule has 5 heteroatoms. The van der Waals surface area contributed by atoms with Gasteiger partial charge in [0, 0.05) is 42.2 Å². The quantitative estimate of drug-likeness (QED) is 0.590. The van der Waals surface area contributed by atoms with Crippen LogP contribution in [0.4, 0.5) is 4.79 Å². The van der Waals surface area contributed by atoms with Crippen molar-refractivity contribution in [1.82, 2.24) is 9.88 Å². The van der Waals surface area contributed by atoms with Crippen molar-refractivity contribution >= 4 is 22.8 Å². The maximum Gasteiger partial charge on any atom is 0.410 e. The van der Waals surface area contributed by atoms with Crippen LogP contribution in [0.25, 0.3) is 10.9 Å². The van der Waals surface area contributed by atoms with Gasteiger partial charge in [0.2, 0.25) is 0 Å². The minimum atomic E-state index is -0.248. The Balaban J connectivity index is 1.21. The van der Waals surface area contributed by atoms with E-state index in [9.17, 15) is 9.59 Å². The number of benzene rings is 2. The highest BCUT2D eigenvalue weighted by atomic mass is 16.6. The van der Waals surface area contributed by atoms with E-state index in [0.717, 1.165) is 41.3 Å². The van der Waals surface area contributed by atoms with Crippen molar-refractivity contribution in [2.24, 2.45) is 5.92 Å². The van der Waals surface area contributed by atoms with Gasteiger partial charge in [-0.3, -0.25) is 4.79 Å². The number of hydrogen-bond donors (Lipinski definition) is 1. The number of amides is 1. The van der Waals surface area contributed by atoms with Crippen molar-refractivity contribution in [3.8, 4) is 0 Å². The average molecular weight is 390 g/mol. The highest BCUT2D eigenvalue weighted by molar-refractivity contribution is 6.07. The summed E-state index contributed by atoms with van der Waals surface area (Å²) in [5.41, 5.74) is 2.77. The van der Waals surface area contributed by atoms with E-state index in [2.05, 4.69) is 4.98 Å². The van der Waals surface area contributed by atoms with Gasteiger partial charge in [-0.25, -0.2) is 4.79 Å². The summed E-state index contributed by atoms with van der Waals surface area (Å²) in [6.07, 6.45) is 4.82. The molecule has 1 amide bonds. The molecule has 1 aromatic heterocycles. The van der Waals surface area contributed by atoms with Gasteiger partial charge in [-0.05, 0) is 36.8 Å². The Morgan fingerprint density at radius 3 is 2.52 bits per heavy atom. The summed E-state index contributed by atoms with van der Waals surface area (Å²) in [6, 6.07) is 17.6. The monoisotopic (exact) mass is 390 g/mol. The number of Topliss-reactive ketones (excluding diaryl/α,β-unsaturated/α-hetero) is 1. The van der Waals surface area contributed by atoms with E-state index in [0.29, 0.717) is 32.0 Å². The number of piperidine rings is 1. The highest BCUT2D eigenvalue weighted by Crippen LogP contribution is 2.25. The predicted molar refractivity (Wildman–Crippen MR) is 113 cm³/mol. The molecule has 1 aliphatic heterocycles. The summed E-state index contributed by atoms with van der Waals surface area (Å²) in [4.78, 5) is 29.9. The van der Waals surface area contributed by atoms with Crippen LogP contribution in [-0.4, -0.2) is 34.8 Å². The standard InChI is InChI=1S/C24H26N2O3/c27-23(21-16-25-22-9-5-4-8-20(21)22)11-10-18-12-14-26(15-13-18)24(28)29-17-19-6-2-1-3-7-19/h1-9,16,18,25H,10-15,17H2. The van der Waals surface area contributed by atoms with Crippen molar-refractivity contribution in [1.29, 1.82) is 0 Å². The Bertz CT molecular complexity index is 972. The van der Waals surface area contributed by atoms with Crippen LogP contribution in [0.5, 0.6) is 0 Å². The molecule has 1 saturated heterocycles. The molecule has 3 aromatic rings. The Morgan fingerprint density at radius 1 is 1.00 bits per heavy atom. The number of carbonyl (C=O) groups is 2. The van der Waals surface area contributed by atoms with Gasteiger partial charge in [-0.2, -0.15) is 0 Å². The van der Waals surface area contributed by atoms with Crippen LogP contribution in [0, 0.1) is 5.92 Å². The molecule has 0 unspecified atom stereocenters. The van der Waals surface area contributed by atoms with Gasteiger partial charge in [-0.1, -0.05) is 48.5 Å². The second kappa shape index (κ2) is 8.95. The number of ketones is 1. The van der Waals surface area contributed by atoms with Gasteiger partial charge in [0.05, 0.1) is 0 Å². The summed E-state index contributed by atoms with van der Waals surface area (Å²) in [5, 5.41) is 0.994. The number of H-pyrrole nitrogens is 1. The molecule has 2 heterocycles. The molecule has 29 heavy (non-hydrogen) atoms. The van der Waals surface area contributed by atoms with E-state index in [1.54, 1.807) is 4.90 Å². The van der Waals surface area contributed by atoms with E-state index in [1.165, 1.54) is 0 Å². The zero-order chi connectivity index (χ0) is 20.1. The van der Waals surface area contributed by atoms with Gasteiger partial charge in [0.15, 0.2) is 5.78 Å². The first kappa shape index (κ1) is 19.2. The van der Waals surface area contributed by atoms with E-state index in [1.807, 2.05) is 60.8 Å². The molecule has 0 bridgehead atoms. The number of nitrogens with one attached hydrogen (secondary N) is 1. The minimum Gasteiger partial charge on any atom is -0.445 e. The largest absolute Gasteiger partial charge is 0.445 e. The van der Waals surface area contributed by atoms with E-state index >= 15 is 0 Å². The van der Waals surface area contributed by atoms with Gasteiger partial charge in [0.1, 0.15) is 6.61 Å². The maximum absolute atomic E-state index is 12.7. The third-order valence-electron chi connectivity index (χ3n) is 5.75. The molecular formula is C24H26N2O3. The number of aromatic amines is 1. The lowest BCUT2D eigenvalue weighted by Gasteiger charge is -2.31. The van der Waals surface area contributed by atoms with Gasteiger partial charge in [0.25, 0.3) is 0 Å². The Kier molecular flexibility index (Phi) is 5.94. The second-order valence-corrected chi connectivity index (χ2v) is 7.68. The van der Waals surface area contributed by atoms with E-state index in [-0.39, 0.29) is 11.9 Å². The number of likely N-dealkylation sites (tertiary alicyclic amines) is 1. The van der Waals surface area contributed by atoms with E-state index in [4.69, 9.17) is 4.74 Å². The van der Waals surface area contributed by atoms with Crippen molar-refractivity contribution < 1.29 is 14.3 Å². The predicted octanol–water partition coefficient (Wildman–Crippen LogP) is 5.18. The van der Waals surface area contributed by atoms with Crippen molar-refractivity contribution in [2.45, 2.75) is 32.3 Å². The second-order valence-electron chi connectivity index (χ2n) is 7.68. The summed E-state index contributed by atoms with van der Waals surface area (Å²) < 4.78 is 5.42. The molecule has 1 fully saturated rings. The molecule has 0 saturated carbocycles. The topological polar surface area (TPSA) is 62.4 Å². The number of rotatable bonds is 6. The molecule has 0 radical (unpaired) electrons. The lowest BCUT2D eigenvalue weighted by Crippen LogP contribution is -2.38. The molecule has 5 nitrogen and oxygen atoms in total. The van der Waals surface area contributed by atoms with Crippen LogP contribution >= 0.6 is 0 Å². The van der Waals surface area contributed by atoms with Crippen molar-refractivity contribution in [2.75, 3.05) is 13.1 Å². The van der Waals surface area contributed by atoms with E-state index < -0.39 is 0 Å². The molecule has 0 aliphatic carbocycles. The molecule has 4 rings (SSSR count). The third kappa shape index (κ3) is 4.67. The summed E-state index contributed by atoms with van der Waals surface area (Å²) in [5.74, 6) is 0.662. The fourth-order valence-corrected chi connectivity index (χ4v) is 3.99. The molecule has 0 atom stereocenters. The normalized spacial score (nSPS) is 14.8. The molecule has 0 spiro atoms. The number of hydrogen-bond acceptors (Lipinski definition) is 3. The van der Waals surface area contributed by atoms with Crippen LogP contribution in [0.2, 0.25) is 0 Å². The smallest absolute Gasteiger partial charge is 0.410 e. The van der Waals surface area contributed by atoms with Crippen LogP contribution in [0.15, 0.2) is 60.8 Å². The van der Waals surface area contributed by atoms with Crippen LogP contribution in [-0.2, 0) is 11.3 Å². The molecular weight excluding hydrogens is 364 g/mol. The van der Waals surface area contributed by atoms with Gasteiger partial charge < -0.3 is 14.6 Å². The summed E-state index contributed by atoms with van der Waals surface area (Å²) in [6.45, 7) is 1.69. The number of fused-ring (bicyclic) bond motifs is 1. The zero-order valence-electron chi connectivity index (χ0n) is 16.5. The summed E-state index contributed by atoms with van der Waals surface area (Å²) >= 11 is 0. The van der Waals surface area contributed by atoms with Crippen LogP contribution in [0.3, 0.4) is 0 Å². The van der Waals surface area contributed by atoms with Gasteiger partial charge in [-0.15, -0.1) is 0 Å². The molecule has 2 aromatic carbocycles. The van der Waals surface area contributed by atoms with Crippen LogP contribution < -0.4 is 0 Å². The lowest BCUT2D eigenvalue weighted by atomic mass is 9.90. The number of carbonyl (C=O) groups excluding carboxylic acids is 2. The Labute approximate surface area is 170 Å². The zero-order valence-corrected chi connectivity index (χ0v) is 16.5. The first-order chi connectivity index (χ1) is 14.2. The molecule has 1 aliphatic rings. The highest BCUT2D eigenvalue weighted by Gasteiger charge is 2.24. The lowest BCUT2D eigenvalue weighted by molar-refractivity contribution is 0.0797. The number of nitrogens with zero attached hydrogens (tertiary/aromatic N) is 1. The van der Waals surface area contributed by atoms with Crippen molar-refractivity contribution in [3.63, 3.8) is 0 Å². The van der Waals surface area contributed by atoms with Crippen molar-refractivity contribution in [3.05, 3.63) is 71.9 Å². The molecule has 1 N–H and O–H groups in total. The molecule has 150 valence electrons. The number of aromatic nitrogens is 1. The Hall–Kier alpha value is -3.08. The Morgan fingerprint density at radius 2 is 1.72 bits per heavy atom. The summed E-state index contributed by atoms with van der Waals surface area (Å²) in [7, 11) is 0. The SMILES string of the molecule is O=C(CCC1CCN(C(=O)OCc2ccccc2)CC1)c1c[nH]c2ccccc12. The maximum atomic E-state index is 12.7. The average Bonchev–Trinajstić information content (AvgIpc) is 3.21. The van der Waals surface area contributed by atoms with Crippen LogP contribution in [0.1, 0.15) is 41.6 Å². The third-order valence-corrected chi connectivity index (χ3v) is 5.75. The fourth-order valence-electron chi connectivity index (χ4n) is 3.99. The first-order valence-electron chi connectivity index (χ1n) is 10.3. The first-order valence-corrected chi connectivity index (χ1v) is 10.3.